The number of nitrogens with one attached hydrogen (secondary N) is 2. The molecule has 8 nitrogen and oxygen atoms in total. The van der Waals surface area contributed by atoms with Crippen LogP contribution in [-0.2, 0) is 9.53 Å². The van der Waals surface area contributed by atoms with Crippen molar-refractivity contribution in [3.05, 3.63) is 0 Å². The highest BCUT2D eigenvalue weighted by molar-refractivity contribution is 5.77. The number of nitrogens with zero attached hydrogens (tertiary/aromatic N) is 1. The number of amides is 3. The van der Waals surface area contributed by atoms with E-state index in [4.69, 9.17) is 4.74 Å². The third-order valence-corrected chi connectivity index (χ3v) is 4.18. The van der Waals surface area contributed by atoms with Gasteiger partial charge in [-0.25, -0.2) is 4.79 Å². The largest absolute Gasteiger partial charge is 0.388 e. The van der Waals surface area contributed by atoms with Gasteiger partial charge in [-0.05, 0) is 26.7 Å². The molecular weight excluding hydrogens is 302 g/mol. The summed E-state index contributed by atoms with van der Waals surface area (Å²) in [5.74, 6) is -0.0649. The van der Waals surface area contributed by atoms with Gasteiger partial charge in [-0.15, -0.1) is 0 Å². The van der Waals surface area contributed by atoms with Crippen LogP contribution in [-0.4, -0.2) is 77.1 Å². The maximum atomic E-state index is 12.1. The molecule has 2 aliphatic heterocycles. The van der Waals surface area contributed by atoms with Crippen molar-refractivity contribution in [2.45, 2.75) is 63.6 Å². The highest BCUT2D eigenvalue weighted by Gasteiger charge is 2.43. The van der Waals surface area contributed by atoms with E-state index in [-0.39, 0.29) is 30.9 Å². The van der Waals surface area contributed by atoms with Crippen LogP contribution < -0.4 is 10.6 Å². The zero-order valence-electron chi connectivity index (χ0n) is 13.7. The monoisotopic (exact) mass is 329 g/mol. The van der Waals surface area contributed by atoms with Crippen LogP contribution in [0.3, 0.4) is 0 Å². The fourth-order valence-electron chi connectivity index (χ4n) is 2.94. The Labute approximate surface area is 136 Å². The molecule has 132 valence electrons. The molecule has 0 radical (unpaired) electrons. The van der Waals surface area contributed by atoms with E-state index in [9.17, 15) is 19.8 Å². The Morgan fingerprint density at radius 2 is 1.78 bits per heavy atom. The molecule has 23 heavy (non-hydrogen) atoms. The van der Waals surface area contributed by atoms with Crippen molar-refractivity contribution in [3.63, 3.8) is 0 Å². The molecule has 2 rings (SSSR count). The highest BCUT2D eigenvalue weighted by Crippen LogP contribution is 2.24. The number of hydrogen-bond donors (Lipinski definition) is 4. The number of aliphatic hydroxyl groups excluding tert-OH is 2. The lowest BCUT2D eigenvalue weighted by Crippen LogP contribution is -2.45. The van der Waals surface area contributed by atoms with Crippen LogP contribution in [0.5, 0.6) is 0 Å². The van der Waals surface area contributed by atoms with Crippen molar-refractivity contribution in [1.82, 2.24) is 15.5 Å². The summed E-state index contributed by atoms with van der Waals surface area (Å²) < 4.78 is 5.58. The molecule has 0 aromatic carbocycles. The van der Waals surface area contributed by atoms with Crippen LogP contribution in [0.2, 0.25) is 0 Å². The van der Waals surface area contributed by atoms with E-state index in [0.717, 1.165) is 25.9 Å². The quantitative estimate of drug-likeness (QED) is 0.527. The minimum absolute atomic E-state index is 0.000779. The Morgan fingerprint density at radius 3 is 2.39 bits per heavy atom. The first-order valence-electron chi connectivity index (χ1n) is 8.22. The van der Waals surface area contributed by atoms with E-state index in [1.54, 1.807) is 4.90 Å². The first-order valence-corrected chi connectivity index (χ1v) is 8.22. The number of carbonyl (C=O) groups is 2. The number of carbonyl (C=O) groups excluding carboxylic acids is 2. The lowest BCUT2D eigenvalue weighted by molar-refractivity contribution is -0.134. The number of rotatable bonds is 5. The zero-order chi connectivity index (χ0) is 17.0. The van der Waals surface area contributed by atoms with E-state index in [1.165, 1.54) is 0 Å². The van der Waals surface area contributed by atoms with E-state index in [2.05, 4.69) is 10.6 Å². The molecule has 4 unspecified atom stereocenters. The molecule has 2 aliphatic rings. The minimum Gasteiger partial charge on any atom is -0.388 e. The molecule has 0 aromatic rings. The molecule has 0 spiro atoms. The van der Waals surface area contributed by atoms with Gasteiger partial charge in [0.2, 0.25) is 5.91 Å². The van der Waals surface area contributed by atoms with Crippen LogP contribution >= 0.6 is 0 Å². The smallest absolute Gasteiger partial charge is 0.315 e. The van der Waals surface area contributed by atoms with Crippen LogP contribution in [0.1, 0.15) is 33.1 Å². The summed E-state index contributed by atoms with van der Waals surface area (Å²) in [4.78, 5) is 25.4. The second kappa shape index (κ2) is 7.94. The third kappa shape index (κ3) is 4.79. The molecule has 2 heterocycles. The number of ether oxygens (including phenoxy) is 1. The van der Waals surface area contributed by atoms with Gasteiger partial charge in [-0.3, -0.25) is 4.79 Å². The maximum absolute atomic E-state index is 12.1. The third-order valence-electron chi connectivity index (χ3n) is 4.18. The van der Waals surface area contributed by atoms with Gasteiger partial charge in [-0.2, -0.15) is 0 Å². The molecule has 0 saturated carbocycles. The van der Waals surface area contributed by atoms with Crippen molar-refractivity contribution in [3.8, 4) is 0 Å². The summed E-state index contributed by atoms with van der Waals surface area (Å²) in [6, 6.07) is -0.359. The predicted octanol–water partition coefficient (Wildman–Crippen LogP) is -0.804. The molecule has 0 aliphatic carbocycles. The summed E-state index contributed by atoms with van der Waals surface area (Å²) in [5, 5.41) is 25.3. The fourth-order valence-corrected chi connectivity index (χ4v) is 2.94. The summed E-state index contributed by atoms with van der Waals surface area (Å²) >= 11 is 0. The normalized spacial score (nSPS) is 30.7. The lowest BCUT2D eigenvalue weighted by Gasteiger charge is -2.19. The van der Waals surface area contributed by atoms with Crippen molar-refractivity contribution < 1.29 is 24.5 Å². The fraction of sp³-hybridized carbons (Fsp3) is 0.867. The van der Waals surface area contributed by atoms with Crippen molar-refractivity contribution in [1.29, 1.82) is 0 Å². The first-order chi connectivity index (χ1) is 10.9. The Morgan fingerprint density at radius 1 is 1.17 bits per heavy atom. The molecule has 4 atom stereocenters. The van der Waals surface area contributed by atoms with Crippen LogP contribution in [0.15, 0.2) is 0 Å². The van der Waals surface area contributed by atoms with Crippen LogP contribution in [0.4, 0.5) is 4.79 Å². The molecule has 0 bridgehead atoms. The van der Waals surface area contributed by atoms with Crippen molar-refractivity contribution >= 4 is 11.9 Å². The Balaban J connectivity index is 1.80. The molecule has 2 fully saturated rings. The van der Waals surface area contributed by atoms with Crippen molar-refractivity contribution in [2.75, 3.05) is 19.6 Å². The average molecular weight is 329 g/mol. The summed E-state index contributed by atoms with van der Waals surface area (Å²) in [7, 11) is 0. The van der Waals surface area contributed by atoms with Gasteiger partial charge in [0.15, 0.2) is 0 Å². The van der Waals surface area contributed by atoms with E-state index in [1.807, 2.05) is 13.8 Å². The molecule has 8 heteroatoms. The second-order valence-electron chi connectivity index (χ2n) is 6.50. The standard InChI is InChI=1S/C15H27N3O5/c1-9(2)17-15(22)16-8-11-14(21)13(20)10(23-11)7-12(19)18-5-3-4-6-18/h9-11,13-14,20-21H,3-8H2,1-2H3,(H2,16,17,22). The molecule has 2 saturated heterocycles. The van der Waals surface area contributed by atoms with Gasteiger partial charge < -0.3 is 30.5 Å². The predicted molar refractivity (Wildman–Crippen MR) is 82.8 cm³/mol. The topological polar surface area (TPSA) is 111 Å². The zero-order valence-corrected chi connectivity index (χ0v) is 13.7. The Bertz CT molecular complexity index is 425. The van der Waals surface area contributed by atoms with Crippen LogP contribution in [0.25, 0.3) is 0 Å². The summed E-state index contributed by atoms with van der Waals surface area (Å²) in [6.07, 6.45) is -1.66. The SMILES string of the molecule is CC(C)NC(=O)NCC1OC(CC(=O)N2CCCC2)C(O)C1O. The van der Waals surface area contributed by atoms with Gasteiger partial charge >= 0.3 is 6.03 Å². The number of aliphatic hydroxyl groups is 2. The minimum atomic E-state index is -1.12. The van der Waals surface area contributed by atoms with Gasteiger partial charge in [0.25, 0.3) is 0 Å². The average Bonchev–Trinajstić information content (AvgIpc) is 3.09. The van der Waals surface area contributed by atoms with E-state index in [0.29, 0.717) is 0 Å². The number of likely N-dealkylation sites (tertiary alicyclic amines) is 1. The van der Waals surface area contributed by atoms with Gasteiger partial charge in [0.1, 0.15) is 18.3 Å². The van der Waals surface area contributed by atoms with Crippen molar-refractivity contribution in [2.24, 2.45) is 0 Å². The van der Waals surface area contributed by atoms with E-state index >= 15 is 0 Å². The second-order valence-corrected chi connectivity index (χ2v) is 6.50. The van der Waals surface area contributed by atoms with Gasteiger partial charge in [0.05, 0.1) is 12.5 Å². The number of urea groups is 1. The summed E-state index contributed by atoms with van der Waals surface area (Å²) in [5.41, 5.74) is 0. The van der Waals surface area contributed by atoms with Gasteiger partial charge in [0, 0.05) is 25.7 Å². The van der Waals surface area contributed by atoms with Gasteiger partial charge in [-0.1, -0.05) is 0 Å². The highest BCUT2D eigenvalue weighted by atomic mass is 16.5. The Kier molecular flexibility index (Phi) is 6.20. The molecule has 0 aromatic heterocycles. The number of hydrogen-bond acceptors (Lipinski definition) is 5. The molecule has 3 amide bonds. The maximum Gasteiger partial charge on any atom is 0.315 e. The Hall–Kier alpha value is -1.38. The first kappa shape index (κ1) is 18.0. The molecular formula is C15H27N3O5. The summed E-state index contributed by atoms with van der Waals surface area (Å²) in [6.45, 7) is 5.23. The molecule has 4 N–H and O–H groups in total. The van der Waals surface area contributed by atoms with Crippen LogP contribution in [0, 0.1) is 0 Å². The van der Waals surface area contributed by atoms with E-state index < -0.39 is 24.4 Å². The lowest BCUT2D eigenvalue weighted by atomic mass is 10.1.